The highest BCUT2D eigenvalue weighted by Gasteiger charge is 2.36. The number of nitrogens with one attached hydrogen (secondary N) is 1. The van der Waals surface area contributed by atoms with Gasteiger partial charge in [0.2, 0.25) is 5.91 Å². The number of nitrogens with zero attached hydrogens (tertiary/aromatic N) is 2. The maximum atomic E-state index is 13.6. The lowest BCUT2D eigenvalue weighted by Gasteiger charge is -2.22. The van der Waals surface area contributed by atoms with Crippen LogP contribution in [0.4, 0.5) is 13.2 Å². The highest BCUT2D eigenvalue weighted by atomic mass is 19.2. The highest BCUT2D eigenvalue weighted by Crippen LogP contribution is 2.21. The number of benzene rings is 1. The molecule has 0 radical (unpaired) electrons. The predicted molar refractivity (Wildman–Crippen MR) is 84.4 cm³/mol. The summed E-state index contributed by atoms with van der Waals surface area (Å²) in [4.78, 5) is 28.1. The molecule has 136 valence electrons. The van der Waals surface area contributed by atoms with E-state index in [0.29, 0.717) is 18.7 Å². The molecule has 1 aromatic rings. The van der Waals surface area contributed by atoms with Gasteiger partial charge in [-0.25, -0.2) is 13.2 Å². The van der Waals surface area contributed by atoms with E-state index >= 15 is 0 Å². The smallest absolute Gasteiger partial charge is 0.257 e. The topological polar surface area (TPSA) is 52.7 Å². The van der Waals surface area contributed by atoms with Crippen LogP contribution in [0.25, 0.3) is 0 Å². The molecule has 2 heterocycles. The van der Waals surface area contributed by atoms with Gasteiger partial charge < -0.3 is 10.2 Å². The highest BCUT2D eigenvalue weighted by molar-refractivity contribution is 5.94. The quantitative estimate of drug-likeness (QED) is 0.815. The van der Waals surface area contributed by atoms with E-state index in [2.05, 4.69) is 10.2 Å². The molecule has 1 aromatic carbocycles. The SMILES string of the molecule is O=C(NCCN1CCC(N2CCCC2)C1=O)c1c(F)ccc(F)c1F. The van der Waals surface area contributed by atoms with E-state index in [-0.39, 0.29) is 25.0 Å². The van der Waals surface area contributed by atoms with E-state index in [1.165, 1.54) is 0 Å². The lowest BCUT2D eigenvalue weighted by Crippen LogP contribution is -2.42. The maximum absolute atomic E-state index is 13.6. The van der Waals surface area contributed by atoms with Crippen molar-refractivity contribution in [2.24, 2.45) is 0 Å². The summed E-state index contributed by atoms with van der Waals surface area (Å²) in [7, 11) is 0. The molecule has 1 unspecified atom stereocenters. The number of carbonyl (C=O) groups excluding carboxylic acids is 2. The van der Waals surface area contributed by atoms with Crippen LogP contribution in [0, 0.1) is 17.5 Å². The van der Waals surface area contributed by atoms with E-state index in [0.717, 1.165) is 32.4 Å². The zero-order chi connectivity index (χ0) is 18.0. The second-order valence-electron chi connectivity index (χ2n) is 6.35. The summed E-state index contributed by atoms with van der Waals surface area (Å²) in [5, 5.41) is 2.35. The van der Waals surface area contributed by atoms with E-state index < -0.39 is 28.9 Å². The lowest BCUT2D eigenvalue weighted by molar-refractivity contribution is -0.131. The third-order valence-electron chi connectivity index (χ3n) is 4.79. The number of likely N-dealkylation sites (tertiary alicyclic amines) is 2. The maximum Gasteiger partial charge on any atom is 0.257 e. The van der Waals surface area contributed by atoms with Crippen molar-refractivity contribution >= 4 is 11.8 Å². The molecule has 1 atom stereocenters. The minimum Gasteiger partial charge on any atom is -0.350 e. The summed E-state index contributed by atoms with van der Waals surface area (Å²) in [6.45, 7) is 2.76. The molecule has 2 aliphatic rings. The van der Waals surface area contributed by atoms with Gasteiger partial charge in [-0.05, 0) is 44.5 Å². The fraction of sp³-hybridized carbons (Fsp3) is 0.529. The monoisotopic (exact) mass is 355 g/mol. The molecular formula is C17H20F3N3O2. The van der Waals surface area contributed by atoms with E-state index in [9.17, 15) is 22.8 Å². The summed E-state index contributed by atoms with van der Waals surface area (Å²) in [5.74, 6) is -4.92. The molecule has 1 N–H and O–H groups in total. The van der Waals surface area contributed by atoms with Gasteiger partial charge in [0.15, 0.2) is 11.6 Å². The molecule has 0 saturated carbocycles. The van der Waals surface area contributed by atoms with Gasteiger partial charge in [-0.1, -0.05) is 0 Å². The molecule has 0 spiro atoms. The summed E-state index contributed by atoms with van der Waals surface area (Å²) < 4.78 is 40.3. The first-order valence-corrected chi connectivity index (χ1v) is 8.43. The number of hydrogen-bond donors (Lipinski definition) is 1. The molecule has 2 fully saturated rings. The van der Waals surface area contributed by atoms with Gasteiger partial charge >= 0.3 is 0 Å². The Kier molecular flexibility index (Phi) is 5.27. The Morgan fingerprint density at radius 2 is 1.80 bits per heavy atom. The molecule has 0 aliphatic carbocycles. The van der Waals surface area contributed by atoms with Gasteiger partial charge in [-0.15, -0.1) is 0 Å². The minimum absolute atomic E-state index is 0.0271. The van der Waals surface area contributed by atoms with Crippen LogP contribution in [0.15, 0.2) is 12.1 Å². The third-order valence-corrected chi connectivity index (χ3v) is 4.79. The van der Waals surface area contributed by atoms with E-state index in [1.54, 1.807) is 4.90 Å². The van der Waals surface area contributed by atoms with Crippen LogP contribution in [0.1, 0.15) is 29.6 Å². The first-order chi connectivity index (χ1) is 12.0. The second kappa shape index (κ2) is 7.43. The average molecular weight is 355 g/mol. The molecule has 0 bridgehead atoms. The van der Waals surface area contributed by atoms with Crippen molar-refractivity contribution in [1.82, 2.24) is 15.1 Å². The zero-order valence-corrected chi connectivity index (χ0v) is 13.7. The Balaban J connectivity index is 1.52. The number of hydrogen-bond acceptors (Lipinski definition) is 3. The van der Waals surface area contributed by atoms with Crippen LogP contribution < -0.4 is 5.32 Å². The fourth-order valence-corrected chi connectivity index (χ4v) is 3.46. The predicted octanol–water partition coefficient (Wildman–Crippen LogP) is 1.53. The third kappa shape index (κ3) is 3.63. The summed E-state index contributed by atoms with van der Waals surface area (Å²) in [5.41, 5.74) is -0.942. The van der Waals surface area contributed by atoms with Crippen LogP contribution in [0.2, 0.25) is 0 Å². The summed E-state index contributed by atoms with van der Waals surface area (Å²) in [6.07, 6.45) is 2.95. The van der Waals surface area contributed by atoms with Crippen molar-refractivity contribution in [3.8, 4) is 0 Å². The van der Waals surface area contributed by atoms with Gasteiger partial charge in [0.1, 0.15) is 11.4 Å². The Morgan fingerprint density at radius 3 is 2.52 bits per heavy atom. The molecule has 2 amide bonds. The standard InChI is InChI=1S/C17H20F3N3O2/c18-11-3-4-12(19)15(20)14(11)16(24)21-6-10-23-9-5-13(17(23)25)22-7-1-2-8-22/h3-4,13H,1-2,5-10H2,(H,21,24). The molecular weight excluding hydrogens is 335 g/mol. The van der Waals surface area contributed by atoms with E-state index in [1.807, 2.05) is 0 Å². The van der Waals surface area contributed by atoms with Crippen molar-refractivity contribution in [1.29, 1.82) is 0 Å². The Morgan fingerprint density at radius 1 is 1.12 bits per heavy atom. The normalized spacial score (nSPS) is 21.2. The van der Waals surface area contributed by atoms with Crippen LogP contribution in [-0.4, -0.2) is 60.4 Å². The summed E-state index contributed by atoms with van der Waals surface area (Å²) >= 11 is 0. The fourth-order valence-electron chi connectivity index (χ4n) is 3.46. The number of rotatable bonds is 5. The lowest BCUT2D eigenvalue weighted by atomic mass is 10.1. The first kappa shape index (κ1) is 17.7. The molecule has 5 nitrogen and oxygen atoms in total. The zero-order valence-electron chi connectivity index (χ0n) is 13.7. The Bertz CT molecular complexity index is 677. The van der Waals surface area contributed by atoms with Crippen LogP contribution in [0.3, 0.4) is 0 Å². The molecule has 2 saturated heterocycles. The van der Waals surface area contributed by atoms with Gasteiger partial charge in [0, 0.05) is 19.6 Å². The average Bonchev–Trinajstić information content (AvgIpc) is 3.22. The molecule has 25 heavy (non-hydrogen) atoms. The van der Waals surface area contributed by atoms with Gasteiger partial charge in [-0.2, -0.15) is 0 Å². The van der Waals surface area contributed by atoms with Crippen molar-refractivity contribution < 1.29 is 22.8 Å². The Labute approximate surface area is 143 Å². The van der Waals surface area contributed by atoms with Crippen molar-refractivity contribution in [3.05, 3.63) is 35.1 Å². The van der Waals surface area contributed by atoms with E-state index in [4.69, 9.17) is 0 Å². The largest absolute Gasteiger partial charge is 0.350 e. The first-order valence-electron chi connectivity index (χ1n) is 8.43. The van der Waals surface area contributed by atoms with Crippen molar-refractivity contribution in [3.63, 3.8) is 0 Å². The number of amides is 2. The second-order valence-corrected chi connectivity index (χ2v) is 6.35. The van der Waals surface area contributed by atoms with Crippen molar-refractivity contribution in [2.75, 3.05) is 32.7 Å². The molecule has 2 aliphatic heterocycles. The van der Waals surface area contributed by atoms with Crippen LogP contribution in [-0.2, 0) is 4.79 Å². The molecule has 0 aromatic heterocycles. The van der Waals surface area contributed by atoms with Crippen LogP contribution in [0.5, 0.6) is 0 Å². The van der Waals surface area contributed by atoms with Gasteiger partial charge in [0.25, 0.3) is 5.91 Å². The molecule has 8 heteroatoms. The number of halogens is 3. The number of carbonyl (C=O) groups is 2. The molecule has 3 rings (SSSR count). The van der Waals surface area contributed by atoms with Gasteiger partial charge in [0.05, 0.1) is 6.04 Å². The minimum atomic E-state index is -1.51. The van der Waals surface area contributed by atoms with Crippen molar-refractivity contribution in [2.45, 2.75) is 25.3 Å². The summed E-state index contributed by atoms with van der Waals surface area (Å²) in [6, 6.07) is 1.23. The Hall–Kier alpha value is -2.09. The van der Waals surface area contributed by atoms with Gasteiger partial charge in [-0.3, -0.25) is 14.5 Å². The van der Waals surface area contributed by atoms with Crippen LogP contribution >= 0.6 is 0 Å².